The Morgan fingerprint density at radius 3 is 2.90 bits per heavy atom. The molecule has 0 aliphatic carbocycles. The van der Waals surface area contributed by atoms with E-state index in [1.54, 1.807) is 18.2 Å². The number of amides is 1. The van der Waals surface area contributed by atoms with Crippen molar-refractivity contribution < 1.29 is 14.3 Å². The minimum atomic E-state index is -0.403. The summed E-state index contributed by atoms with van der Waals surface area (Å²) >= 11 is 0. The fourth-order valence-corrected chi connectivity index (χ4v) is 2.01. The number of aliphatic hydroxyl groups is 1. The van der Waals surface area contributed by atoms with Gasteiger partial charge in [-0.15, -0.1) is 0 Å². The largest absolute Gasteiger partial charge is 0.396 e. The second kappa shape index (κ2) is 6.99. The van der Waals surface area contributed by atoms with Crippen LogP contribution in [0.25, 0.3) is 5.69 Å². The van der Waals surface area contributed by atoms with Gasteiger partial charge in [-0.25, -0.2) is 9.07 Å². The van der Waals surface area contributed by atoms with Crippen LogP contribution in [0.15, 0.2) is 36.7 Å². The molecule has 0 fully saturated rings. The molecule has 0 aliphatic rings. The molecule has 21 heavy (non-hydrogen) atoms. The summed E-state index contributed by atoms with van der Waals surface area (Å²) < 4.78 is 15.0. The quantitative estimate of drug-likeness (QED) is 0.854. The molecule has 6 heteroatoms. The molecule has 2 N–H and O–H groups in total. The van der Waals surface area contributed by atoms with Crippen LogP contribution in [-0.2, 0) is 0 Å². The molecule has 5 nitrogen and oxygen atoms in total. The van der Waals surface area contributed by atoms with Gasteiger partial charge in [0.1, 0.15) is 11.5 Å². The molecule has 0 bridgehead atoms. The van der Waals surface area contributed by atoms with Gasteiger partial charge in [0.2, 0.25) is 0 Å². The molecule has 1 unspecified atom stereocenters. The van der Waals surface area contributed by atoms with Crippen LogP contribution in [0.2, 0.25) is 0 Å². The number of nitrogens with one attached hydrogen (secondary N) is 1. The van der Waals surface area contributed by atoms with E-state index >= 15 is 0 Å². The smallest absolute Gasteiger partial charge is 0.254 e. The van der Waals surface area contributed by atoms with Crippen LogP contribution in [0, 0.1) is 5.82 Å². The summed E-state index contributed by atoms with van der Waals surface area (Å²) in [7, 11) is 0. The Bertz CT molecular complexity index is 612. The zero-order valence-electron chi connectivity index (χ0n) is 11.8. The van der Waals surface area contributed by atoms with Crippen LogP contribution >= 0.6 is 0 Å². The lowest BCUT2D eigenvalue weighted by molar-refractivity contribution is 0.0929. The predicted octanol–water partition coefficient (Wildman–Crippen LogP) is 1.90. The van der Waals surface area contributed by atoms with Crippen molar-refractivity contribution in [1.82, 2.24) is 15.1 Å². The fourth-order valence-electron chi connectivity index (χ4n) is 2.01. The van der Waals surface area contributed by atoms with E-state index in [-0.39, 0.29) is 18.6 Å². The van der Waals surface area contributed by atoms with Crippen molar-refractivity contribution in [2.75, 3.05) is 6.61 Å². The van der Waals surface area contributed by atoms with Gasteiger partial charge in [0.15, 0.2) is 0 Å². The van der Waals surface area contributed by atoms with Gasteiger partial charge in [-0.05, 0) is 25.0 Å². The lowest BCUT2D eigenvalue weighted by atomic mass is 10.1. The van der Waals surface area contributed by atoms with Gasteiger partial charge >= 0.3 is 0 Å². The minimum Gasteiger partial charge on any atom is -0.396 e. The van der Waals surface area contributed by atoms with Gasteiger partial charge in [-0.1, -0.05) is 19.1 Å². The van der Waals surface area contributed by atoms with E-state index in [0.717, 1.165) is 6.42 Å². The molecule has 0 aliphatic heterocycles. The van der Waals surface area contributed by atoms with Crippen LogP contribution in [0.5, 0.6) is 0 Å². The van der Waals surface area contributed by atoms with Crippen molar-refractivity contribution in [3.05, 3.63) is 48.0 Å². The summed E-state index contributed by atoms with van der Waals surface area (Å²) in [6.45, 7) is 1.96. The average molecular weight is 291 g/mol. The molecule has 0 spiro atoms. The fraction of sp³-hybridized carbons (Fsp3) is 0.333. The molecule has 0 saturated heterocycles. The van der Waals surface area contributed by atoms with Crippen molar-refractivity contribution in [3.8, 4) is 5.69 Å². The number of nitrogens with zero attached hydrogens (tertiary/aromatic N) is 2. The van der Waals surface area contributed by atoms with Crippen molar-refractivity contribution in [1.29, 1.82) is 0 Å². The second-order valence-electron chi connectivity index (χ2n) is 4.72. The highest BCUT2D eigenvalue weighted by Crippen LogP contribution is 2.12. The van der Waals surface area contributed by atoms with Gasteiger partial charge in [-0.2, -0.15) is 5.10 Å². The first kappa shape index (κ1) is 15.2. The lowest BCUT2D eigenvalue weighted by Gasteiger charge is -2.14. The molecular formula is C15H18FN3O2. The number of para-hydroxylation sites is 1. The molecule has 1 aromatic heterocycles. The Labute approximate surface area is 122 Å². The molecule has 0 radical (unpaired) electrons. The number of carbonyl (C=O) groups excluding carboxylic acids is 1. The molecule has 2 rings (SSSR count). The summed E-state index contributed by atoms with van der Waals surface area (Å²) in [6, 6.07) is 6.14. The Hall–Kier alpha value is -2.21. The first-order valence-corrected chi connectivity index (χ1v) is 6.87. The molecule has 2 aromatic rings. The van der Waals surface area contributed by atoms with E-state index < -0.39 is 5.82 Å². The minimum absolute atomic E-state index is 0.0211. The Morgan fingerprint density at radius 2 is 2.24 bits per heavy atom. The Kier molecular flexibility index (Phi) is 5.05. The number of benzene rings is 1. The summed E-state index contributed by atoms with van der Waals surface area (Å²) in [5, 5.41) is 15.8. The number of hydrogen-bond acceptors (Lipinski definition) is 3. The van der Waals surface area contributed by atoms with Gasteiger partial charge in [0.05, 0.1) is 11.8 Å². The summed E-state index contributed by atoms with van der Waals surface area (Å²) in [5.41, 5.74) is 0.647. The van der Waals surface area contributed by atoms with Gasteiger partial charge in [0.25, 0.3) is 5.91 Å². The normalized spacial score (nSPS) is 12.1. The van der Waals surface area contributed by atoms with Crippen molar-refractivity contribution in [2.24, 2.45) is 0 Å². The van der Waals surface area contributed by atoms with Crippen LogP contribution < -0.4 is 5.32 Å². The number of aliphatic hydroxyl groups excluding tert-OH is 1. The summed E-state index contributed by atoms with van der Waals surface area (Å²) in [4.78, 5) is 12.1. The maximum absolute atomic E-state index is 13.7. The molecule has 1 atom stereocenters. The molecule has 1 heterocycles. The number of carbonyl (C=O) groups is 1. The van der Waals surface area contributed by atoms with E-state index in [1.807, 2.05) is 6.92 Å². The monoisotopic (exact) mass is 291 g/mol. The van der Waals surface area contributed by atoms with Gasteiger partial charge in [0, 0.05) is 18.8 Å². The van der Waals surface area contributed by atoms with E-state index in [0.29, 0.717) is 17.7 Å². The van der Waals surface area contributed by atoms with Crippen LogP contribution in [0.3, 0.4) is 0 Å². The highest BCUT2D eigenvalue weighted by molar-refractivity contribution is 5.93. The topological polar surface area (TPSA) is 67.2 Å². The Morgan fingerprint density at radius 1 is 1.48 bits per heavy atom. The van der Waals surface area contributed by atoms with Gasteiger partial charge in [-0.3, -0.25) is 4.79 Å². The van der Waals surface area contributed by atoms with Crippen molar-refractivity contribution in [2.45, 2.75) is 25.8 Å². The van der Waals surface area contributed by atoms with Crippen LogP contribution in [0.1, 0.15) is 30.1 Å². The number of hydrogen-bond donors (Lipinski definition) is 2. The average Bonchev–Trinajstić information content (AvgIpc) is 2.97. The van der Waals surface area contributed by atoms with Crippen molar-refractivity contribution >= 4 is 5.91 Å². The van der Waals surface area contributed by atoms with Crippen molar-refractivity contribution in [3.63, 3.8) is 0 Å². The summed E-state index contributed by atoms with van der Waals surface area (Å²) in [5.74, 6) is -0.683. The molecule has 112 valence electrons. The zero-order chi connectivity index (χ0) is 15.2. The highest BCUT2D eigenvalue weighted by Gasteiger charge is 2.14. The third kappa shape index (κ3) is 3.66. The van der Waals surface area contributed by atoms with Crippen LogP contribution in [0.4, 0.5) is 4.39 Å². The molecule has 1 amide bonds. The third-order valence-corrected chi connectivity index (χ3v) is 3.25. The maximum atomic E-state index is 13.7. The van der Waals surface area contributed by atoms with Gasteiger partial charge < -0.3 is 10.4 Å². The third-order valence-electron chi connectivity index (χ3n) is 3.25. The van der Waals surface area contributed by atoms with E-state index in [2.05, 4.69) is 10.4 Å². The number of aromatic nitrogens is 2. The van der Waals surface area contributed by atoms with E-state index in [1.165, 1.54) is 23.1 Å². The Balaban J connectivity index is 2.13. The summed E-state index contributed by atoms with van der Waals surface area (Å²) in [6.07, 6.45) is 4.12. The highest BCUT2D eigenvalue weighted by atomic mass is 19.1. The SMILES string of the molecule is CCC(CCO)NC(=O)c1cnn(-c2ccccc2F)c1. The first-order chi connectivity index (χ1) is 10.2. The molecule has 1 aromatic carbocycles. The van der Waals surface area contributed by atoms with Crippen LogP contribution in [-0.4, -0.2) is 33.4 Å². The first-order valence-electron chi connectivity index (χ1n) is 6.87. The van der Waals surface area contributed by atoms with E-state index in [4.69, 9.17) is 5.11 Å². The zero-order valence-corrected chi connectivity index (χ0v) is 11.8. The number of rotatable bonds is 6. The number of halogens is 1. The maximum Gasteiger partial charge on any atom is 0.254 e. The standard InChI is InChI=1S/C15H18FN3O2/c1-2-12(7-8-20)18-15(21)11-9-17-19(10-11)14-6-4-3-5-13(14)16/h3-6,9-10,12,20H,2,7-8H2,1H3,(H,18,21). The van der Waals surface area contributed by atoms with E-state index in [9.17, 15) is 9.18 Å². The second-order valence-corrected chi connectivity index (χ2v) is 4.72. The predicted molar refractivity (Wildman–Crippen MR) is 76.8 cm³/mol. The lowest BCUT2D eigenvalue weighted by Crippen LogP contribution is -2.34. The molecular weight excluding hydrogens is 273 g/mol. The molecule has 0 saturated carbocycles.